The highest BCUT2D eigenvalue weighted by Gasteiger charge is 2.28. The lowest BCUT2D eigenvalue weighted by Crippen LogP contribution is -2.32. The third kappa shape index (κ3) is 4.71. The van der Waals surface area contributed by atoms with Crippen molar-refractivity contribution in [2.45, 2.75) is 31.9 Å². The summed E-state index contributed by atoms with van der Waals surface area (Å²) in [6.07, 6.45) is 6.77. The fraction of sp³-hybridized carbons (Fsp3) is 0.381. The minimum absolute atomic E-state index is 0.0173. The molecular weight excluding hydrogens is 423 g/mol. The molecule has 0 aliphatic carbocycles. The Morgan fingerprint density at radius 2 is 1.84 bits per heavy atom. The van der Waals surface area contributed by atoms with E-state index in [4.69, 9.17) is 5.41 Å². The van der Waals surface area contributed by atoms with Crippen LogP contribution in [0.2, 0.25) is 0 Å². The fourth-order valence-corrected chi connectivity index (χ4v) is 3.72. The maximum Gasteiger partial charge on any atom is 0.405 e. The largest absolute Gasteiger partial charge is 0.405 e. The number of anilines is 1. The summed E-state index contributed by atoms with van der Waals surface area (Å²) in [4.78, 5) is 22.8. The molecular formula is C21H22F3N7O. The highest BCUT2D eigenvalue weighted by molar-refractivity contribution is 6.17. The van der Waals surface area contributed by atoms with E-state index in [9.17, 15) is 18.0 Å². The van der Waals surface area contributed by atoms with Gasteiger partial charge in [-0.1, -0.05) is 12.8 Å². The van der Waals surface area contributed by atoms with Crippen LogP contribution in [0.4, 0.5) is 18.9 Å². The molecule has 4 rings (SSSR count). The molecule has 0 bridgehead atoms. The minimum Gasteiger partial charge on any atom is -0.376 e. The van der Waals surface area contributed by atoms with E-state index in [0.717, 1.165) is 25.7 Å². The SMILES string of the molecule is N=C(c1cnc(C(=O)N2CCCCCC2)cc1NCC(F)(F)F)c1cnn2ccncc12. The highest BCUT2D eigenvalue weighted by atomic mass is 19.4. The number of pyridine rings is 1. The predicted octanol–water partition coefficient (Wildman–Crippen LogP) is 3.53. The topological polar surface area (TPSA) is 99.3 Å². The van der Waals surface area contributed by atoms with Gasteiger partial charge in [0.2, 0.25) is 0 Å². The van der Waals surface area contributed by atoms with Gasteiger partial charge in [-0.05, 0) is 18.9 Å². The number of hydrogen-bond donors (Lipinski definition) is 2. The summed E-state index contributed by atoms with van der Waals surface area (Å²) in [5.74, 6) is -0.319. The van der Waals surface area contributed by atoms with E-state index in [1.54, 1.807) is 11.1 Å². The molecule has 0 atom stereocenters. The quantitative estimate of drug-likeness (QED) is 0.586. The smallest absolute Gasteiger partial charge is 0.376 e. The number of alkyl halides is 3. The number of carbonyl (C=O) groups excluding carboxylic acids is 1. The van der Waals surface area contributed by atoms with Gasteiger partial charge < -0.3 is 10.2 Å². The van der Waals surface area contributed by atoms with E-state index >= 15 is 0 Å². The highest BCUT2D eigenvalue weighted by Crippen LogP contribution is 2.25. The molecule has 0 unspecified atom stereocenters. The van der Waals surface area contributed by atoms with Crippen molar-refractivity contribution >= 4 is 22.8 Å². The van der Waals surface area contributed by atoms with E-state index < -0.39 is 12.7 Å². The van der Waals surface area contributed by atoms with Crippen LogP contribution in [0.5, 0.6) is 0 Å². The molecule has 8 nitrogen and oxygen atoms in total. The van der Waals surface area contributed by atoms with Gasteiger partial charge in [-0.25, -0.2) is 4.52 Å². The molecule has 0 radical (unpaired) electrons. The third-order valence-electron chi connectivity index (χ3n) is 5.36. The van der Waals surface area contributed by atoms with Gasteiger partial charge in [0.15, 0.2) is 0 Å². The number of fused-ring (bicyclic) bond motifs is 1. The Morgan fingerprint density at radius 3 is 2.56 bits per heavy atom. The molecule has 1 aliphatic heterocycles. The van der Waals surface area contributed by atoms with Crippen molar-refractivity contribution in [2.75, 3.05) is 25.0 Å². The van der Waals surface area contributed by atoms with E-state index in [1.807, 2.05) is 0 Å². The average Bonchev–Trinajstić information content (AvgIpc) is 3.02. The van der Waals surface area contributed by atoms with Crippen LogP contribution in [0.1, 0.15) is 47.3 Å². The molecule has 1 saturated heterocycles. The zero-order valence-electron chi connectivity index (χ0n) is 17.2. The van der Waals surface area contributed by atoms with Crippen LogP contribution in [-0.2, 0) is 0 Å². The molecule has 2 N–H and O–H groups in total. The van der Waals surface area contributed by atoms with E-state index in [2.05, 4.69) is 20.4 Å². The lowest BCUT2D eigenvalue weighted by atomic mass is 10.0. The second-order valence-electron chi connectivity index (χ2n) is 7.63. The molecule has 1 amide bonds. The molecule has 1 aliphatic rings. The summed E-state index contributed by atoms with van der Waals surface area (Å²) in [6.45, 7) is -0.109. The molecule has 3 aromatic rings. The van der Waals surface area contributed by atoms with Gasteiger partial charge in [0.1, 0.15) is 12.2 Å². The summed E-state index contributed by atoms with van der Waals surface area (Å²) < 4.78 is 40.3. The van der Waals surface area contributed by atoms with Crippen molar-refractivity contribution in [2.24, 2.45) is 0 Å². The summed E-state index contributed by atoms with van der Waals surface area (Å²) in [5.41, 5.74) is 1.06. The minimum atomic E-state index is -4.47. The Kier molecular flexibility index (Phi) is 6.06. The number of nitrogens with zero attached hydrogens (tertiary/aromatic N) is 5. The maximum absolute atomic E-state index is 12.9. The van der Waals surface area contributed by atoms with E-state index in [-0.39, 0.29) is 28.6 Å². The Hall–Kier alpha value is -3.50. The van der Waals surface area contributed by atoms with Crippen molar-refractivity contribution < 1.29 is 18.0 Å². The van der Waals surface area contributed by atoms with Gasteiger partial charge in [0.05, 0.1) is 23.6 Å². The lowest BCUT2D eigenvalue weighted by molar-refractivity contribution is -0.115. The molecule has 11 heteroatoms. The molecule has 4 heterocycles. The first-order chi connectivity index (χ1) is 15.3. The number of nitrogens with one attached hydrogen (secondary N) is 2. The van der Waals surface area contributed by atoms with Gasteiger partial charge in [0.25, 0.3) is 5.91 Å². The molecule has 0 spiro atoms. The van der Waals surface area contributed by atoms with Crippen LogP contribution in [-0.4, -0.2) is 61.9 Å². The van der Waals surface area contributed by atoms with Gasteiger partial charge in [-0.3, -0.25) is 20.2 Å². The number of carbonyl (C=O) groups is 1. The molecule has 3 aromatic heterocycles. The molecule has 0 saturated carbocycles. The van der Waals surface area contributed by atoms with Gasteiger partial charge in [0, 0.05) is 48.5 Å². The summed E-state index contributed by atoms with van der Waals surface area (Å²) in [5, 5.41) is 15.1. The van der Waals surface area contributed by atoms with Crippen molar-refractivity contribution in [3.63, 3.8) is 0 Å². The monoisotopic (exact) mass is 445 g/mol. The third-order valence-corrected chi connectivity index (χ3v) is 5.36. The summed E-state index contributed by atoms with van der Waals surface area (Å²) in [7, 11) is 0. The molecule has 32 heavy (non-hydrogen) atoms. The molecule has 0 aromatic carbocycles. The number of aromatic nitrogens is 4. The second kappa shape index (κ2) is 8.93. The van der Waals surface area contributed by atoms with Crippen LogP contribution in [0.3, 0.4) is 0 Å². The Labute approximate surface area is 182 Å². The lowest BCUT2D eigenvalue weighted by Gasteiger charge is -2.21. The number of halogens is 3. The van der Waals surface area contributed by atoms with Crippen LogP contribution < -0.4 is 5.32 Å². The van der Waals surface area contributed by atoms with Crippen molar-refractivity contribution in [1.29, 1.82) is 5.41 Å². The molecule has 1 fully saturated rings. The zero-order chi connectivity index (χ0) is 22.7. The van der Waals surface area contributed by atoms with Crippen LogP contribution in [0, 0.1) is 5.41 Å². The van der Waals surface area contributed by atoms with Crippen LogP contribution in [0.25, 0.3) is 5.52 Å². The van der Waals surface area contributed by atoms with E-state index in [1.165, 1.54) is 35.4 Å². The number of amides is 1. The Morgan fingerprint density at radius 1 is 1.09 bits per heavy atom. The zero-order valence-corrected chi connectivity index (χ0v) is 17.2. The number of likely N-dealkylation sites (tertiary alicyclic amines) is 1. The first kappa shape index (κ1) is 21.7. The van der Waals surface area contributed by atoms with Crippen molar-refractivity contribution in [3.05, 3.63) is 53.9 Å². The average molecular weight is 445 g/mol. The first-order valence-corrected chi connectivity index (χ1v) is 10.3. The normalized spacial score (nSPS) is 14.9. The Balaban J connectivity index is 1.69. The van der Waals surface area contributed by atoms with E-state index in [0.29, 0.717) is 24.2 Å². The van der Waals surface area contributed by atoms with Crippen molar-refractivity contribution in [1.82, 2.24) is 24.5 Å². The fourth-order valence-electron chi connectivity index (χ4n) is 3.72. The second-order valence-corrected chi connectivity index (χ2v) is 7.63. The van der Waals surface area contributed by atoms with Gasteiger partial charge >= 0.3 is 6.18 Å². The summed E-state index contributed by atoms with van der Waals surface area (Å²) >= 11 is 0. The summed E-state index contributed by atoms with van der Waals surface area (Å²) in [6, 6.07) is 1.30. The number of hydrogen-bond acceptors (Lipinski definition) is 6. The Bertz CT molecular complexity index is 1130. The first-order valence-electron chi connectivity index (χ1n) is 10.3. The van der Waals surface area contributed by atoms with Crippen LogP contribution in [0.15, 0.2) is 37.1 Å². The maximum atomic E-state index is 12.9. The van der Waals surface area contributed by atoms with Crippen LogP contribution >= 0.6 is 0 Å². The molecule has 168 valence electrons. The van der Waals surface area contributed by atoms with Gasteiger partial charge in [-0.15, -0.1) is 0 Å². The number of rotatable bonds is 5. The van der Waals surface area contributed by atoms with Crippen molar-refractivity contribution in [3.8, 4) is 0 Å². The standard InChI is InChI=1S/C21H22F3N7O/c22-21(23,24)13-28-16-9-17(20(32)30-6-3-1-2-4-7-30)27-10-14(16)19(25)15-11-29-31-8-5-26-12-18(15)31/h5,8-12,25H,1-4,6-7,13H2,(H,27,28). The predicted molar refractivity (Wildman–Crippen MR) is 112 cm³/mol. The van der Waals surface area contributed by atoms with Gasteiger partial charge in [-0.2, -0.15) is 18.3 Å².